The van der Waals surface area contributed by atoms with Crippen LogP contribution in [-0.2, 0) is 19.4 Å². The summed E-state index contributed by atoms with van der Waals surface area (Å²) in [5, 5.41) is 3.47. The van der Waals surface area contributed by atoms with Crippen molar-refractivity contribution in [3.05, 3.63) is 47.5 Å². The van der Waals surface area contributed by atoms with E-state index < -0.39 is 0 Å². The van der Waals surface area contributed by atoms with Gasteiger partial charge >= 0.3 is 0 Å². The number of nitrogens with zero attached hydrogens (tertiary/aromatic N) is 2. The van der Waals surface area contributed by atoms with E-state index in [9.17, 15) is 0 Å². The zero-order valence-electron chi connectivity index (χ0n) is 11.5. The van der Waals surface area contributed by atoms with E-state index >= 15 is 0 Å². The Hall–Kier alpha value is -1.77. The third-order valence-corrected chi connectivity index (χ3v) is 3.84. The number of fused-ring (bicyclic) bond motifs is 1. The maximum atomic E-state index is 4.53. The van der Waals surface area contributed by atoms with Gasteiger partial charge in [0.2, 0.25) is 0 Å². The summed E-state index contributed by atoms with van der Waals surface area (Å²) in [6.45, 7) is 4.06. The molecule has 1 N–H and O–H groups in total. The predicted octanol–water partition coefficient (Wildman–Crippen LogP) is 3.18. The molecule has 3 heteroatoms. The fourth-order valence-electron chi connectivity index (χ4n) is 2.72. The van der Waals surface area contributed by atoms with Gasteiger partial charge in [-0.15, -0.1) is 0 Å². The third kappa shape index (κ3) is 2.80. The number of rotatable bonds is 4. The Morgan fingerprint density at radius 1 is 1.16 bits per heavy atom. The van der Waals surface area contributed by atoms with Crippen molar-refractivity contribution in [2.75, 3.05) is 11.9 Å². The predicted molar refractivity (Wildman–Crippen MR) is 78.5 cm³/mol. The van der Waals surface area contributed by atoms with Gasteiger partial charge in [-0.05, 0) is 44.7 Å². The van der Waals surface area contributed by atoms with E-state index in [4.69, 9.17) is 0 Å². The van der Waals surface area contributed by atoms with Gasteiger partial charge in [-0.3, -0.25) is 0 Å². The Balaban J connectivity index is 1.57. The van der Waals surface area contributed by atoms with Crippen LogP contribution in [0.25, 0.3) is 0 Å². The van der Waals surface area contributed by atoms with E-state index in [1.807, 2.05) is 6.33 Å². The third-order valence-electron chi connectivity index (χ3n) is 3.84. The highest BCUT2D eigenvalue weighted by atomic mass is 15.1. The summed E-state index contributed by atoms with van der Waals surface area (Å²) in [6.07, 6.45) is 6.97. The average molecular weight is 255 g/mol. The summed E-state index contributed by atoms with van der Waals surface area (Å²) < 4.78 is 2.32. The molecule has 0 aliphatic heterocycles. The first-order valence-corrected chi connectivity index (χ1v) is 7.16. The quantitative estimate of drug-likeness (QED) is 0.909. The van der Waals surface area contributed by atoms with Gasteiger partial charge in [0, 0.05) is 24.5 Å². The van der Waals surface area contributed by atoms with Crippen molar-refractivity contribution in [1.82, 2.24) is 9.55 Å². The van der Waals surface area contributed by atoms with Crippen LogP contribution < -0.4 is 5.32 Å². The lowest BCUT2D eigenvalue weighted by atomic mass is 10.0. The molecule has 1 heterocycles. The molecule has 1 aliphatic rings. The zero-order chi connectivity index (χ0) is 13.1. The number of imidazole rings is 1. The Bertz CT molecular complexity index is 540. The van der Waals surface area contributed by atoms with E-state index in [1.165, 1.54) is 41.9 Å². The molecule has 2 aromatic rings. The first-order valence-electron chi connectivity index (χ1n) is 7.16. The van der Waals surface area contributed by atoms with Crippen molar-refractivity contribution < 1.29 is 0 Å². The highest BCUT2D eigenvalue weighted by Crippen LogP contribution is 2.19. The number of aryl methyl sites for hydroxylation is 2. The number of hydrogen-bond acceptors (Lipinski definition) is 2. The fraction of sp³-hybridized carbons (Fsp3) is 0.438. The van der Waals surface area contributed by atoms with Crippen molar-refractivity contribution in [3.63, 3.8) is 0 Å². The van der Waals surface area contributed by atoms with E-state index in [0.717, 1.165) is 19.5 Å². The summed E-state index contributed by atoms with van der Waals surface area (Å²) in [7, 11) is 0. The monoisotopic (exact) mass is 255 g/mol. The van der Waals surface area contributed by atoms with Crippen LogP contribution in [-0.4, -0.2) is 16.1 Å². The molecule has 0 atom stereocenters. The highest BCUT2D eigenvalue weighted by Gasteiger charge is 2.14. The van der Waals surface area contributed by atoms with E-state index in [0.29, 0.717) is 0 Å². The van der Waals surface area contributed by atoms with Crippen molar-refractivity contribution in [1.29, 1.82) is 0 Å². The van der Waals surface area contributed by atoms with Gasteiger partial charge in [0.15, 0.2) is 0 Å². The second-order valence-corrected chi connectivity index (χ2v) is 5.33. The molecule has 1 aromatic carbocycles. The Morgan fingerprint density at radius 3 is 2.79 bits per heavy atom. The molecule has 0 saturated carbocycles. The van der Waals surface area contributed by atoms with Gasteiger partial charge < -0.3 is 9.88 Å². The van der Waals surface area contributed by atoms with Crippen LogP contribution in [0.4, 0.5) is 5.69 Å². The lowest BCUT2D eigenvalue weighted by Gasteiger charge is -2.14. The molecule has 1 aliphatic carbocycles. The molecule has 3 nitrogen and oxygen atoms in total. The second kappa shape index (κ2) is 5.47. The average Bonchev–Trinajstić information content (AvgIpc) is 2.85. The summed E-state index contributed by atoms with van der Waals surface area (Å²) in [5.74, 6) is 0. The summed E-state index contributed by atoms with van der Waals surface area (Å²) in [4.78, 5) is 4.53. The van der Waals surface area contributed by atoms with Crippen molar-refractivity contribution >= 4 is 5.69 Å². The fourth-order valence-corrected chi connectivity index (χ4v) is 2.72. The molecular formula is C16H21N3. The summed E-state index contributed by atoms with van der Waals surface area (Å²) >= 11 is 0. The molecule has 0 radical (unpaired) electrons. The van der Waals surface area contributed by atoms with Crippen LogP contribution in [0.15, 0.2) is 30.6 Å². The Morgan fingerprint density at radius 2 is 1.95 bits per heavy atom. The van der Waals surface area contributed by atoms with Crippen LogP contribution >= 0.6 is 0 Å². The molecule has 100 valence electrons. The Kier molecular flexibility index (Phi) is 3.53. The van der Waals surface area contributed by atoms with Gasteiger partial charge in [-0.2, -0.15) is 0 Å². The maximum absolute atomic E-state index is 4.53. The normalized spacial score (nSPS) is 14.2. The second-order valence-electron chi connectivity index (χ2n) is 5.33. The smallest absolute Gasteiger partial charge is 0.0952 e. The number of hydrogen-bond donors (Lipinski definition) is 1. The van der Waals surface area contributed by atoms with E-state index in [2.05, 4.69) is 46.1 Å². The molecule has 19 heavy (non-hydrogen) atoms. The molecule has 3 rings (SSSR count). The van der Waals surface area contributed by atoms with Gasteiger partial charge in [-0.25, -0.2) is 4.98 Å². The molecule has 1 aromatic heterocycles. The van der Waals surface area contributed by atoms with Crippen molar-refractivity contribution in [2.45, 2.75) is 39.2 Å². The topological polar surface area (TPSA) is 29.9 Å². The van der Waals surface area contributed by atoms with E-state index in [1.54, 1.807) is 0 Å². The van der Waals surface area contributed by atoms with Gasteiger partial charge in [0.1, 0.15) is 0 Å². The largest absolute Gasteiger partial charge is 0.383 e. The van der Waals surface area contributed by atoms with Gasteiger partial charge in [0.25, 0.3) is 0 Å². The molecule has 0 unspecified atom stereocenters. The number of anilines is 1. The van der Waals surface area contributed by atoms with Crippen LogP contribution in [0.5, 0.6) is 0 Å². The van der Waals surface area contributed by atoms with Crippen molar-refractivity contribution in [3.8, 4) is 0 Å². The van der Waals surface area contributed by atoms with Crippen molar-refractivity contribution in [2.24, 2.45) is 0 Å². The lowest BCUT2D eigenvalue weighted by Crippen LogP contribution is -2.14. The molecule has 0 amide bonds. The minimum atomic E-state index is 0.950. The zero-order valence-corrected chi connectivity index (χ0v) is 11.5. The number of benzene rings is 1. The first kappa shape index (κ1) is 12.3. The van der Waals surface area contributed by atoms with Crippen LogP contribution in [0.3, 0.4) is 0 Å². The maximum Gasteiger partial charge on any atom is 0.0952 e. The molecule has 0 saturated heterocycles. The number of aromatic nitrogens is 2. The SMILES string of the molecule is Cc1ccc(NCCn2cnc3c2CCCC3)cc1. The lowest BCUT2D eigenvalue weighted by molar-refractivity contribution is 0.613. The first-order chi connectivity index (χ1) is 9.33. The van der Waals surface area contributed by atoms with Crippen LogP contribution in [0.2, 0.25) is 0 Å². The minimum Gasteiger partial charge on any atom is -0.383 e. The molecular weight excluding hydrogens is 234 g/mol. The van der Waals surface area contributed by atoms with Gasteiger partial charge in [-0.1, -0.05) is 17.7 Å². The minimum absolute atomic E-state index is 0.950. The molecule has 0 bridgehead atoms. The van der Waals surface area contributed by atoms with Gasteiger partial charge in [0.05, 0.1) is 12.0 Å². The summed E-state index contributed by atoms with van der Waals surface area (Å²) in [5.41, 5.74) is 5.27. The standard InChI is InChI=1S/C16H21N3/c1-13-6-8-14(9-7-13)17-10-11-19-12-18-15-4-2-3-5-16(15)19/h6-9,12,17H,2-5,10-11H2,1H3. The van der Waals surface area contributed by atoms with Crippen LogP contribution in [0.1, 0.15) is 29.8 Å². The van der Waals surface area contributed by atoms with E-state index in [-0.39, 0.29) is 0 Å². The van der Waals surface area contributed by atoms with Crippen LogP contribution in [0, 0.1) is 6.92 Å². The Labute approximate surface area is 114 Å². The highest BCUT2D eigenvalue weighted by molar-refractivity contribution is 5.44. The summed E-state index contributed by atoms with van der Waals surface area (Å²) in [6, 6.07) is 8.56. The number of nitrogens with one attached hydrogen (secondary N) is 1. The molecule has 0 fully saturated rings. The molecule has 0 spiro atoms.